The van der Waals surface area contributed by atoms with Crippen LogP contribution in [0.25, 0.3) is 68.1 Å². The van der Waals surface area contributed by atoms with E-state index in [0.29, 0.717) is 29.1 Å². The Hall–Kier alpha value is -6.47. The van der Waals surface area contributed by atoms with E-state index in [-0.39, 0.29) is 0 Å². The summed E-state index contributed by atoms with van der Waals surface area (Å²) in [4.78, 5) is 0. The van der Waals surface area contributed by atoms with Gasteiger partial charge in [-0.2, -0.15) is 0 Å². The van der Waals surface area contributed by atoms with E-state index in [2.05, 4.69) is 106 Å². The third kappa shape index (κ3) is 4.07. The molecule has 1 spiro atoms. The standard InChI is InChI=1S/C43H27FN4O2/c1-25-10-14-27(15-11-25)39-45-47-41(49-39)29-18-20-33-31-6-2-4-8-35(31)43(37(33)22-29)36-9-5-3-7-32(36)34-21-19-30(23-38(34)43)42-48-46-40(50-42)28-16-12-26(24-44)13-17-28/h2-23H,24H2,1H3. The number of rotatable bonds is 5. The fourth-order valence-electron chi connectivity index (χ4n) is 7.75. The lowest BCUT2D eigenvalue weighted by Gasteiger charge is -2.30. The van der Waals surface area contributed by atoms with Crippen LogP contribution in [-0.4, -0.2) is 20.4 Å². The maximum absolute atomic E-state index is 13.1. The molecule has 1 atom stereocenters. The monoisotopic (exact) mass is 650 g/mol. The van der Waals surface area contributed by atoms with Crippen LogP contribution in [0.5, 0.6) is 0 Å². The highest BCUT2D eigenvalue weighted by Crippen LogP contribution is 2.63. The molecule has 238 valence electrons. The number of fused-ring (bicyclic) bond motifs is 10. The second-order valence-corrected chi connectivity index (χ2v) is 12.9. The zero-order chi connectivity index (χ0) is 33.4. The third-order valence-corrected chi connectivity index (χ3v) is 10.1. The van der Waals surface area contributed by atoms with E-state index in [4.69, 9.17) is 8.83 Å². The lowest BCUT2D eigenvalue weighted by atomic mass is 9.70. The maximum Gasteiger partial charge on any atom is 0.248 e. The Morgan fingerprint density at radius 1 is 0.460 bits per heavy atom. The van der Waals surface area contributed by atoms with Crippen molar-refractivity contribution >= 4 is 0 Å². The number of hydrogen-bond donors (Lipinski definition) is 0. The Kier molecular flexibility index (Phi) is 6.15. The van der Waals surface area contributed by atoms with Crippen molar-refractivity contribution in [3.05, 3.63) is 167 Å². The van der Waals surface area contributed by atoms with Crippen LogP contribution < -0.4 is 0 Å². The molecule has 0 N–H and O–H groups in total. The first-order chi connectivity index (χ1) is 24.6. The summed E-state index contributed by atoms with van der Waals surface area (Å²) in [6.45, 7) is 1.53. The topological polar surface area (TPSA) is 77.8 Å². The molecule has 2 aliphatic carbocycles. The highest BCUT2D eigenvalue weighted by molar-refractivity contribution is 5.96. The Balaban J connectivity index is 1.15. The van der Waals surface area contributed by atoms with Crippen LogP contribution in [0, 0.1) is 6.92 Å². The van der Waals surface area contributed by atoms with Gasteiger partial charge in [0.1, 0.15) is 6.67 Å². The van der Waals surface area contributed by atoms with E-state index >= 15 is 0 Å². The number of hydrogen-bond acceptors (Lipinski definition) is 6. The highest BCUT2D eigenvalue weighted by Gasteiger charge is 2.52. The molecular weight excluding hydrogens is 623 g/mol. The first-order valence-corrected chi connectivity index (χ1v) is 16.5. The number of halogens is 1. The summed E-state index contributed by atoms with van der Waals surface area (Å²) in [5.41, 5.74) is 13.8. The average molecular weight is 651 g/mol. The van der Waals surface area contributed by atoms with Crippen LogP contribution in [-0.2, 0) is 12.1 Å². The molecule has 0 saturated carbocycles. The molecule has 8 aromatic rings. The van der Waals surface area contributed by atoms with Crippen LogP contribution in [0.1, 0.15) is 33.4 Å². The Bertz CT molecular complexity index is 2590. The van der Waals surface area contributed by atoms with E-state index in [1.54, 1.807) is 24.3 Å². The van der Waals surface area contributed by atoms with E-state index < -0.39 is 12.1 Å². The smallest absolute Gasteiger partial charge is 0.248 e. The summed E-state index contributed by atoms with van der Waals surface area (Å²) >= 11 is 0. The van der Waals surface area contributed by atoms with Gasteiger partial charge in [-0.1, -0.05) is 90.5 Å². The summed E-state index contributed by atoms with van der Waals surface area (Å²) in [5.74, 6) is 1.75. The summed E-state index contributed by atoms with van der Waals surface area (Å²) in [7, 11) is 0. The Morgan fingerprint density at radius 2 is 0.860 bits per heavy atom. The predicted molar refractivity (Wildman–Crippen MR) is 190 cm³/mol. The van der Waals surface area contributed by atoms with Gasteiger partial charge in [-0.05, 0) is 106 Å². The number of aromatic nitrogens is 4. The molecule has 6 nitrogen and oxygen atoms in total. The number of aryl methyl sites for hydroxylation is 1. The molecule has 0 saturated heterocycles. The molecule has 0 radical (unpaired) electrons. The van der Waals surface area contributed by atoms with Gasteiger partial charge in [-0.15, -0.1) is 20.4 Å². The third-order valence-electron chi connectivity index (χ3n) is 10.1. The molecule has 0 fully saturated rings. The fourth-order valence-corrected chi connectivity index (χ4v) is 7.75. The van der Waals surface area contributed by atoms with Crippen LogP contribution in [0.2, 0.25) is 0 Å². The molecular formula is C43H27FN4O2. The molecule has 10 rings (SSSR count). The van der Waals surface area contributed by atoms with Crippen molar-refractivity contribution in [3.8, 4) is 68.1 Å². The zero-order valence-corrected chi connectivity index (χ0v) is 26.9. The van der Waals surface area contributed by atoms with E-state index in [1.807, 2.05) is 30.3 Å². The van der Waals surface area contributed by atoms with Crippen molar-refractivity contribution in [2.45, 2.75) is 19.0 Å². The minimum Gasteiger partial charge on any atom is -0.416 e. The molecule has 2 aliphatic rings. The van der Waals surface area contributed by atoms with Crippen LogP contribution in [0.4, 0.5) is 4.39 Å². The maximum atomic E-state index is 13.1. The lowest BCUT2D eigenvalue weighted by Crippen LogP contribution is -2.26. The van der Waals surface area contributed by atoms with Crippen LogP contribution in [0.15, 0.2) is 142 Å². The molecule has 50 heavy (non-hydrogen) atoms. The number of alkyl halides is 1. The van der Waals surface area contributed by atoms with Gasteiger partial charge in [-0.25, -0.2) is 4.39 Å². The lowest BCUT2D eigenvalue weighted by molar-refractivity contribution is 0.485. The van der Waals surface area contributed by atoms with Gasteiger partial charge >= 0.3 is 0 Å². The van der Waals surface area contributed by atoms with E-state index in [0.717, 1.165) is 44.5 Å². The van der Waals surface area contributed by atoms with Gasteiger partial charge in [0, 0.05) is 22.3 Å². The van der Waals surface area contributed by atoms with Gasteiger partial charge in [0.05, 0.1) is 5.41 Å². The fraction of sp³-hybridized carbons (Fsp3) is 0.0698. The summed E-state index contributed by atoms with van der Waals surface area (Å²) < 4.78 is 25.6. The highest BCUT2D eigenvalue weighted by atomic mass is 19.1. The molecule has 7 heteroatoms. The van der Waals surface area contributed by atoms with Crippen LogP contribution in [0.3, 0.4) is 0 Å². The summed E-state index contributed by atoms with van der Waals surface area (Å²) in [6.07, 6.45) is 0. The molecule has 0 bridgehead atoms. The number of benzene rings is 6. The van der Waals surface area contributed by atoms with E-state index in [9.17, 15) is 4.39 Å². The summed E-state index contributed by atoms with van der Waals surface area (Å²) in [5, 5.41) is 17.7. The summed E-state index contributed by atoms with van der Waals surface area (Å²) in [6, 6.07) is 45.3. The zero-order valence-electron chi connectivity index (χ0n) is 26.9. The average Bonchev–Trinajstić information content (AvgIpc) is 3.97. The number of nitrogens with zero attached hydrogens (tertiary/aromatic N) is 4. The second-order valence-electron chi connectivity index (χ2n) is 12.9. The van der Waals surface area contributed by atoms with Crippen molar-refractivity contribution in [1.29, 1.82) is 0 Å². The molecule has 6 aromatic carbocycles. The van der Waals surface area contributed by atoms with Gasteiger partial charge in [-0.3, -0.25) is 0 Å². The van der Waals surface area contributed by atoms with E-state index in [1.165, 1.54) is 27.8 Å². The molecule has 1 unspecified atom stereocenters. The van der Waals surface area contributed by atoms with Crippen molar-refractivity contribution in [2.75, 3.05) is 0 Å². The van der Waals surface area contributed by atoms with Gasteiger partial charge in [0.2, 0.25) is 23.6 Å². The molecule has 0 amide bonds. The molecule has 2 heterocycles. The van der Waals surface area contributed by atoms with Crippen molar-refractivity contribution in [1.82, 2.24) is 20.4 Å². The van der Waals surface area contributed by atoms with Gasteiger partial charge in [0.25, 0.3) is 0 Å². The quantitative estimate of drug-likeness (QED) is 0.184. The Labute approximate surface area is 286 Å². The van der Waals surface area contributed by atoms with Gasteiger partial charge < -0.3 is 8.83 Å². The van der Waals surface area contributed by atoms with Crippen molar-refractivity contribution in [3.63, 3.8) is 0 Å². The van der Waals surface area contributed by atoms with Crippen molar-refractivity contribution < 1.29 is 13.2 Å². The molecule has 2 aromatic heterocycles. The van der Waals surface area contributed by atoms with Crippen LogP contribution >= 0.6 is 0 Å². The normalized spacial score (nSPS) is 15.2. The minimum absolute atomic E-state index is 0.384. The SMILES string of the molecule is Cc1ccc(-c2nnc(-c3ccc4c(c3)C3(c5ccccc5-4)c4ccccc4-c4ccc(-c5nnc(-c6ccc(CF)cc6)o5)cc43)o2)cc1. The first kappa shape index (κ1) is 28.5. The minimum atomic E-state index is -0.616. The largest absolute Gasteiger partial charge is 0.416 e. The first-order valence-electron chi connectivity index (χ1n) is 16.5. The Morgan fingerprint density at radius 3 is 1.34 bits per heavy atom. The second kappa shape index (κ2) is 10.8. The molecule has 0 aliphatic heterocycles. The van der Waals surface area contributed by atoms with Gasteiger partial charge in [0.15, 0.2) is 0 Å². The predicted octanol–water partition coefficient (Wildman–Crippen LogP) is 10.2. The van der Waals surface area contributed by atoms with Crippen molar-refractivity contribution in [2.24, 2.45) is 0 Å².